The molecule has 23 heavy (non-hydrogen) atoms. The van der Waals surface area contributed by atoms with E-state index in [1.807, 2.05) is 6.92 Å². The lowest BCUT2D eigenvalue weighted by Crippen LogP contribution is -2.57. The Kier molecular flexibility index (Phi) is 5.85. The van der Waals surface area contributed by atoms with Gasteiger partial charge in [-0.2, -0.15) is 13.2 Å². The molecule has 0 saturated carbocycles. The van der Waals surface area contributed by atoms with E-state index in [0.717, 1.165) is 0 Å². The number of likely N-dealkylation sites (tertiary alicyclic amines) is 1. The fourth-order valence-electron chi connectivity index (χ4n) is 3.04. The molecule has 2 unspecified atom stereocenters. The molecule has 9 heteroatoms. The highest BCUT2D eigenvalue weighted by Crippen LogP contribution is 2.25. The first kappa shape index (κ1) is 18.0. The van der Waals surface area contributed by atoms with Crippen molar-refractivity contribution in [1.29, 1.82) is 0 Å². The number of rotatable bonds is 5. The van der Waals surface area contributed by atoms with E-state index in [2.05, 4.69) is 10.6 Å². The van der Waals surface area contributed by atoms with Crippen LogP contribution in [-0.4, -0.2) is 79.6 Å². The standard InChI is InChI=1S/C14H23F3N4O2/c1-2-20-9-10(7-12(20)22)13(23)19-8-11(14(15,16)17)21-5-3-18-4-6-21/h10-11,18H,2-9H2,1H3,(H,19,23). The predicted octanol–water partition coefficient (Wildman–Crippen LogP) is -0.193. The molecule has 0 aliphatic carbocycles. The van der Waals surface area contributed by atoms with Crippen LogP contribution < -0.4 is 10.6 Å². The summed E-state index contributed by atoms with van der Waals surface area (Å²) in [7, 11) is 0. The molecule has 132 valence electrons. The highest BCUT2D eigenvalue weighted by atomic mass is 19.4. The van der Waals surface area contributed by atoms with Crippen LogP contribution in [-0.2, 0) is 9.59 Å². The lowest BCUT2D eigenvalue weighted by atomic mass is 10.1. The molecule has 2 aliphatic rings. The van der Waals surface area contributed by atoms with Crippen LogP contribution in [0.2, 0.25) is 0 Å². The van der Waals surface area contributed by atoms with Crippen LogP contribution in [0.5, 0.6) is 0 Å². The van der Waals surface area contributed by atoms with Gasteiger partial charge in [-0.05, 0) is 6.92 Å². The molecule has 2 aliphatic heterocycles. The number of hydrogen-bond acceptors (Lipinski definition) is 4. The molecule has 0 spiro atoms. The molecule has 2 atom stereocenters. The number of carbonyl (C=O) groups is 2. The van der Waals surface area contributed by atoms with E-state index in [1.165, 1.54) is 4.90 Å². The fraction of sp³-hybridized carbons (Fsp3) is 0.857. The Balaban J connectivity index is 1.90. The van der Waals surface area contributed by atoms with E-state index in [1.54, 1.807) is 4.90 Å². The van der Waals surface area contributed by atoms with E-state index in [-0.39, 0.29) is 18.9 Å². The Morgan fingerprint density at radius 2 is 2.04 bits per heavy atom. The first-order valence-electron chi connectivity index (χ1n) is 7.90. The number of piperazine rings is 1. The first-order chi connectivity index (χ1) is 10.8. The number of nitrogens with one attached hydrogen (secondary N) is 2. The minimum absolute atomic E-state index is 0.0734. The van der Waals surface area contributed by atoms with E-state index >= 15 is 0 Å². The zero-order chi connectivity index (χ0) is 17.0. The summed E-state index contributed by atoms with van der Waals surface area (Å²) in [5.41, 5.74) is 0. The minimum Gasteiger partial charge on any atom is -0.354 e. The zero-order valence-electron chi connectivity index (χ0n) is 13.2. The number of amides is 2. The van der Waals surface area contributed by atoms with Gasteiger partial charge in [-0.25, -0.2) is 0 Å². The van der Waals surface area contributed by atoms with Crippen LogP contribution in [0.15, 0.2) is 0 Å². The van der Waals surface area contributed by atoms with Gasteiger partial charge in [0.05, 0.1) is 5.92 Å². The molecular weight excluding hydrogens is 313 g/mol. The number of nitrogens with zero attached hydrogens (tertiary/aromatic N) is 2. The monoisotopic (exact) mass is 336 g/mol. The van der Waals surface area contributed by atoms with Crippen molar-refractivity contribution in [1.82, 2.24) is 20.4 Å². The Morgan fingerprint density at radius 3 is 2.57 bits per heavy atom. The van der Waals surface area contributed by atoms with Crippen molar-refractivity contribution in [3.05, 3.63) is 0 Å². The lowest BCUT2D eigenvalue weighted by Gasteiger charge is -2.36. The molecule has 0 radical (unpaired) electrons. The lowest BCUT2D eigenvalue weighted by molar-refractivity contribution is -0.184. The van der Waals surface area contributed by atoms with Gasteiger partial charge in [0.15, 0.2) is 0 Å². The summed E-state index contributed by atoms with van der Waals surface area (Å²) in [5, 5.41) is 5.40. The van der Waals surface area contributed by atoms with Crippen molar-refractivity contribution >= 4 is 11.8 Å². The van der Waals surface area contributed by atoms with Gasteiger partial charge in [-0.1, -0.05) is 0 Å². The second-order valence-corrected chi connectivity index (χ2v) is 5.92. The maximum Gasteiger partial charge on any atom is 0.405 e. The maximum absolute atomic E-state index is 13.2. The summed E-state index contributed by atoms with van der Waals surface area (Å²) in [6.45, 7) is 3.73. The molecule has 2 amide bonds. The maximum atomic E-state index is 13.2. The summed E-state index contributed by atoms with van der Waals surface area (Å²) in [6, 6.07) is -1.69. The number of halogens is 3. The quantitative estimate of drug-likeness (QED) is 0.730. The molecule has 2 saturated heterocycles. The predicted molar refractivity (Wildman–Crippen MR) is 77.7 cm³/mol. The molecule has 2 heterocycles. The van der Waals surface area contributed by atoms with E-state index in [9.17, 15) is 22.8 Å². The Bertz CT molecular complexity index is 438. The molecular formula is C14H23F3N4O2. The normalized spacial score (nSPS) is 24.8. The Hall–Kier alpha value is -1.35. The van der Waals surface area contributed by atoms with Gasteiger partial charge in [0.25, 0.3) is 0 Å². The van der Waals surface area contributed by atoms with Crippen LogP contribution in [0.25, 0.3) is 0 Å². The highest BCUT2D eigenvalue weighted by Gasteiger charge is 2.44. The molecule has 6 nitrogen and oxygen atoms in total. The summed E-state index contributed by atoms with van der Waals surface area (Å²) in [6.07, 6.45) is -4.32. The summed E-state index contributed by atoms with van der Waals surface area (Å²) in [5.74, 6) is -1.15. The Labute approximate surface area is 133 Å². The molecule has 0 bridgehead atoms. The largest absolute Gasteiger partial charge is 0.405 e. The average Bonchev–Trinajstić information content (AvgIpc) is 2.88. The fourth-order valence-corrected chi connectivity index (χ4v) is 3.04. The van der Waals surface area contributed by atoms with Gasteiger partial charge in [0, 0.05) is 52.2 Å². The second kappa shape index (κ2) is 7.48. The van der Waals surface area contributed by atoms with Crippen molar-refractivity contribution in [2.75, 3.05) is 45.8 Å². The molecule has 2 fully saturated rings. The third kappa shape index (κ3) is 4.57. The van der Waals surface area contributed by atoms with Crippen molar-refractivity contribution in [2.24, 2.45) is 5.92 Å². The van der Waals surface area contributed by atoms with E-state index in [4.69, 9.17) is 0 Å². The van der Waals surface area contributed by atoms with Gasteiger partial charge in [0.2, 0.25) is 11.8 Å². The van der Waals surface area contributed by atoms with Gasteiger partial charge in [0.1, 0.15) is 6.04 Å². The van der Waals surface area contributed by atoms with Crippen molar-refractivity contribution in [3.63, 3.8) is 0 Å². The average molecular weight is 336 g/mol. The summed E-state index contributed by atoms with van der Waals surface area (Å²) < 4.78 is 39.7. The van der Waals surface area contributed by atoms with Gasteiger partial charge < -0.3 is 15.5 Å². The molecule has 2 rings (SSSR count). The van der Waals surface area contributed by atoms with Crippen LogP contribution in [0, 0.1) is 5.92 Å². The highest BCUT2D eigenvalue weighted by molar-refractivity contribution is 5.89. The number of hydrogen-bond donors (Lipinski definition) is 2. The van der Waals surface area contributed by atoms with Crippen molar-refractivity contribution in [3.8, 4) is 0 Å². The minimum atomic E-state index is -4.40. The SMILES string of the molecule is CCN1CC(C(=O)NCC(N2CCNCC2)C(F)(F)F)CC1=O. The van der Waals surface area contributed by atoms with E-state index < -0.39 is 30.6 Å². The topological polar surface area (TPSA) is 64.7 Å². The van der Waals surface area contributed by atoms with Crippen LogP contribution in [0.3, 0.4) is 0 Å². The second-order valence-electron chi connectivity index (χ2n) is 5.92. The van der Waals surface area contributed by atoms with Gasteiger partial charge in [-0.15, -0.1) is 0 Å². The molecule has 0 aromatic heterocycles. The van der Waals surface area contributed by atoms with Gasteiger partial charge >= 0.3 is 6.18 Å². The van der Waals surface area contributed by atoms with Crippen LogP contribution in [0.4, 0.5) is 13.2 Å². The van der Waals surface area contributed by atoms with Crippen LogP contribution >= 0.6 is 0 Å². The first-order valence-corrected chi connectivity index (χ1v) is 7.90. The van der Waals surface area contributed by atoms with Gasteiger partial charge in [-0.3, -0.25) is 14.5 Å². The zero-order valence-corrected chi connectivity index (χ0v) is 13.2. The molecule has 0 aromatic rings. The third-order valence-electron chi connectivity index (χ3n) is 4.41. The van der Waals surface area contributed by atoms with E-state index in [0.29, 0.717) is 32.7 Å². The van der Waals surface area contributed by atoms with Crippen LogP contribution in [0.1, 0.15) is 13.3 Å². The number of carbonyl (C=O) groups excluding carboxylic acids is 2. The smallest absolute Gasteiger partial charge is 0.354 e. The number of alkyl halides is 3. The Morgan fingerprint density at radius 1 is 1.39 bits per heavy atom. The summed E-state index contributed by atoms with van der Waals surface area (Å²) in [4.78, 5) is 26.6. The molecule has 2 N–H and O–H groups in total. The molecule has 0 aromatic carbocycles. The van der Waals surface area contributed by atoms with Crippen molar-refractivity contribution < 1.29 is 22.8 Å². The van der Waals surface area contributed by atoms with Crippen molar-refractivity contribution in [2.45, 2.75) is 25.6 Å². The third-order valence-corrected chi connectivity index (χ3v) is 4.41. The summed E-state index contributed by atoms with van der Waals surface area (Å²) >= 11 is 0.